The van der Waals surface area contributed by atoms with Gasteiger partial charge >= 0.3 is 0 Å². The first-order valence-corrected chi connectivity index (χ1v) is 14.6. The van der Waals surface area contributed by atoms with Crippen LogP contribution in [0.2, 0.25) is 0 Å². The van der Waals surface area contributed by atoms with E-state index in [1.54, 1.807) is 36.9 Å². The van der Waals surface area contributed by atoms with Crippen LogP contribution in [0.25, 0.3) is 0 Å². The Balaban J connectivity index is 1.36. The zero-order valence-corrected chi connectivity index (χ0v) is 25.3. The summed E-state index contributed by atoms with van der Waals surface area (Å²) in [5.74, 6) is -0.134. The Morgan fingerprint density at radius 3 is 2.52 bits per heavy atom. The fraction of sp³-hybridized carbons (Fsp3) is 0.333. The summed E-state index contributed by atoms with van der Waals surface area (Å²) in [5, 5.41) is 5.45. The van der Waals surface area contributed by atoms with Gasteiger partial charge in [-0.1, -0.05) is 18.2 Å². The van der Waals surface area contributed by atoms with Gasteiger partial charge < -0.3 is 30.6 Å². The summed E-state index contributed by atoms with van der Waals surface area (Å²) in [6.07, 6.45) is 2.51. The van der Waals surface area contributed by atoms with E-state index < -0.39 is 23.9 Å². The summed E-state index contributed by atoms with van der Waals surface area (Å²) in [6.45, 7) is 6.04. The molecule has 5 rings (SSSR count). The van der Waals surface area contributed by atoms with Gasteiger partial charge in [0.15, 0.2) is 11.5 Å². The summed E-state index contributed by atoms with van der Waals surface area (Å²) in [7, 11) is 1.52. The SMILES string of the molecule is CCOCc1cc(COc2cc3c(cc2OC)C(=O)N2c4ccccc4C[C@H]2C=N3)cc(NC(=O)[C@H](C)NC(=O)[C@H](C)N)c1. The van der Waals surface area contributed by atoms with Gasteiger partial charge in [-0.05, 0) is 67.8 Å². The highest BCUT2D eigenvalue weighted by molar-refractivity contribution is 6.14. The molecule has 2 aliphatic rings. The Hall–Kier alpha value is -4.74. The van der Waals surface area contributed by atoms with Gasteiger partial charge in [0, 0.05) is 36.7 Å². The number of ether oxygens (including phenoxy) is 3. The van der Waals surface area contributed by atoms with Crippen molar-refractivity contribution in [1.82, 2.24) is 5.32 Å². The van der Waals surface area contributed by atoms with Gasteiger partial charge in [0.05, 0.1) is 37.1 Å². The second kappa shape index (κ2) is 13.3. The number of fused-ring (bicyclic) bond motifs is 4. The quantitative estimate of drug-likeness (QED) is 0.303. The highest BCUT2D eigenvalue weighted by Crippen LogP contribution is 2.41. The Morgan fingerprint density at radius 2 is 1.80 bits per heavy atom. The largest absolute Gasteiger partial charge is 0.493 e. The molecular formula is C33H37N5O6. The number of rotatable bonds is 11. The molecular weight excluding hydrogens is 562 g/mol. The summed E-state index contributed by atoms with van der Waals surface area (Å²) < 4.78 is 17.4. The number of carbonyl (C=O) groups excluding carboxylic acids is 3. The van der Waals surface area contributed by atoms with E-state index in [0.717, 1.165) is 22.4 Å². The number of hydrogen-bond donors (Lipinski definition) is 3. The minimum absolute atomic E-state index is 0.134. The maximum Gasteiger partial charge on any atom is 0.261 e. The highest BCUT2D eigenvalue weighted by atomic mass is 16.5. The average Bonchev–Trinajstić information content (AvgIpc) is 3.33. The molecule has 2 heterocycles. The first kappa shape index (κ1) is 30.7. The van der Waals surface area contributed by atoms with E-state index in [1.807, 2.05) is 49.5 Å². The first-order valence-electron chi connectivity index (χ1n) is 14.6. The van der Waals surface area contributed by atoms with Crippen molar-refractivity contribution < 1.29 is 28.6 Å². The van der Waals surface area contributed by atoms with Gasteiger partial charge in [0.1, 0.15) is 12.6 Å². The van der Waals surface area contributed by atoms with Crippen LogP contribution in [0, 0.1) is 0 Å². The fourth-order valence-corrected chi connectivity index (χ4v) is 5.23. The summed E-state index contributed by atoms with van der Waals surface area (Å²) in [4.78, 5) is 44.9. The first-order chi connectivity index (χ1) is 21.2. The topological polar surface area (TPSA) is 145 Å². The highest BCUT2D eigenvalue weighted by Gasteiger charge is 2.36. The van der Waals surface area contributed by atoms with Crippen LogP contribution in [0.3, 0.4) is 0 Å². The van der Waals surface area contributed by atoms with E-state index in [0.29, 0.717) is 48.1 Å². The van der Waals surface area contributed by atoms with E-state index >= 15 is 0 Å². The predicted octanol–water partition coefficient (Wildman–Crippen LogP) is 3.89. The molecule has 0 aliphatic carbocycles. The lowest BCUT2D eigenvalue weighted by molar-refractivity contribution is -0.126. The molecule has 44 heavy (non-hydrogen) atoms. The fourth-order valence-electron chi connectivity index (χ4n) is 5.23. The van der Waals surface area contributed by atoms with Crippen molar-refractivity contribution in [3.63, 3.8) is 0 Å². The van der Waals surface area contributed by atoms with Crippen molar-refractivity contribution in [2.45, 2.75) is 58.5 Å². The standard InChI is InChI=1S/C33H37N5O6/c1-5-43-17-21-10-22(12-24(11-21)37-32(40)20(3)36-31(39)19(2)34)18-44-30-15-27-26(14-29(30)42-4)33(41)38-25(16-35-27)13-23-8-6-7-9-28(23)38/h6-12,14-16,19-20,25H,5,13,17-18,34H2,1-4H3,(H,36,39)(H,37,40)/t19-,20-,25-/m0/s1. The molecule has 0 spiro atoms. The van der Waals surface area contributed by atoms with Crippen LogP contribution in [0.1, 0.15) is 47.8 Å². The minimum atomic E-state index is -0.791. The number of nitrogens with two attached hydrogens (primary N) is 1. The van der Waals surface area contributed by atoms with Crippen LogP contribution in [0.5, 0.6) is 11.5 Å². The molecule has 230 valence electrons. The van der Waals surface area contributed by atoms with Crippen LogP contribution in [-0.2, 0) is 34.0 Å². The Morgan fingerprint density at radius 1 is 1.05 bits per heavy atom. The van der Waals surface area contributed by atoms with Crippen LogP contribution in [0.15, 0.2) is 59.6 Å². The number of carbonyl (C=O) groups is 3. The molecule has 3 aromatic rings. The number of amides is 3. The van der Waals surface area contributed by atoms with Gasteiger partial charge in [0.2, 0.25) is 11.8 Å². The second-order valence-corrected chi connectivity index (χ2v) is 10.8. The molecule has 11 heteroatoms. The van der Waals surface area contributed by atoms with E-state index in [1.165, 1.54) is 7.11 Å². The van der Waals surface area contributed by atoms with Crippen LogP contribution >= 0.6 is 0 Å². The minimum Gasteiger partial charge on any atom is -0.493 e. The zero-order chi connectivity index (χ0) is 31.4. The van der Waals surface area contributed by atoms with Gasteiger partial charge in [0.25, 0.3) is 5.91 Å². The zero-order valence-electron chi connectivity index (χ0n) is 25.3. The summed E-state index contributed by atoms with van der Waals surface area (Å²) >= 11 is 0. The third kappa shape index (κ3) is 6.58. The van der Waals surface area contributed by atoms with E-state index in [9.17, 15) is 14.4 Å². The average molecular weight is 600 g/mol. The molecule has 3 amide bonds. The van der Waals surface area contributed by atoms with Crippen LogP contribution < -0.4 is 30.7 Å². The monoisotopic (exact) mass is 599 g/mol. The van der Waals surface area contributed by atoms with Gasteiger partial charge in [-0.2, -0.15) is 0 Å². The number of hydrogen-bond acceptors (Lipinski definition) is 8. The van der Waals surface area contributed by atoms with Crippen molar-refractivity contribution in [3.05, 3.63) is 76.9 Å². The number of anilines is 2. The Labute approximate surface area is 256 Å². The van der Waals surface area contributed by atoms with Crippen molar-refractivity contribution in [3.8, 4) is 11.5 Å². The van der Waals surface area contributed by atoms with E-state index in [2.05, 4.69) is 15.6 Å². The third-order valence-corrected chi connectivity index (χ3v) is 7.48. The Bertz CT molecular complexity index is 1600. The molecule has 0 aromatic heterocycles. The summed E-state index contributed by atoms with van der Waals surface area (Å²) in [5.41, 5.74) is 10.7. The second-order valence-electron chi connectivity index (χ2n) is 10.8. The third-order valence-electron chi connectivity index (χ3n) is 7.48. The lowest BCUT2D eigenvalue weighted by Crippen LogP contribution is -2.47. The lowest BCUT2D eigenvalue weighted by atomic mass is 10.1. The van der Waals surface area contributed by atoms with Crippen molar-refractivity contribution in [1.29, 1.82) is 0 Å². The van der Waals surface area contributed by atoms with E-state index in [-0.39, 0.29) is 18.6 Å². The number of nitrogens with one attached hydrogen (secondary N) is 2. The molecule has 11 nitrogen and oxygen atoms in total. The van der Waals surface area contributed by atoms with Gasteiger partial charge in [-0.25, -0.2) is 0 Å². The molecule has 2 aliphatic heterocycles. The predicted molar refractivity (Wildman–Crippen MR) is 168 cm³/mol. The molecule has 0 bridgehead atoms. The normalized spacial score (nSPS) is 16.2. The molecule has 0 radical (unpaired) electrons. The van der Waals surface area contributed by atoms with Crippen LogP contribution in [-0.4, -0.2) is 55.8 Å². The lowest BCUT2D eigenvalue weighted by Gasteiger charge is -2.22. The van der Waals surface area contributed by atoms with Crippen molar-refractivity contribution >= 4 is 41.0 Å². The Kier molecular flexibility index (Phi) is 9.26. The van der Waals surface area contributed by atoms with Gasteiger partial charge in [-0.15, -0.1) is 0 Å². The molecule has 0 saturated heterocycles. The number of benzene rings is 3. The molecule has 0 unspecified atom stereocenters. The molecule has 3 aromatic carbocycles. The maximum absolute atomic E-state index is 13.7. The maximum atomic E-state index is 13.7. The summed E-state index contributed by atoms with van der Waals surface area (Å²) in [6, 6.07) is 15.1. The van der Waals surface area contributed by atoms with Crippen molar-refractivity contribution in [2.24, 2.45) is 10.7 Å². The smallest absolute Gasteiger partial charge is 0.261 e. The van der Waals surface area contributed by atoms with Crippen molar-refractivity contribution in [2.75, 3.05) is 23.9 Å². The number of para-hydroxylation sites is 1. The van der Waals surface area contributed by atoms with Crippen LogP contribution in [0.4, 0.5) is 17.1 Å². The molecule has 3 atom stereocenters. The van der Waals surface area contributed by atoms with Gasteiger partial charge in [-0.3, -0.25) is 24.3 Å². The number of methoxy groups -OCH3 is 1. The van der Waals surface area contributed by atoms with E-state index in [4.69, 9.17) is 19.9 Å². The molecule has 0 saturated carbocycles. The molecule has 0 fully saturated rings. The number of nitrogens with zero attached hydrogens (tertiary/aromatic N) is 2. The molecule has 4 N–H and O–H groups in total. The number of aliphatic imine (C=N–C) groups is 1.